The Bertz CT molecular complexity index is 1610. The van der Waals surface area contributed by atoms with Crippen LogP contribution >= 0.6 is 0 Å². The monoisotopic (exact) mass is 714 g/mol. The lowest BCUT2D eigenvalue weighted by molar-refractivity contribution is -0.149. The van der Waals surface area contributed by atoms with Crippen LogP contribution in [0.1, 0.15) is 61.3 Å². The zero-order chi connectivity index (χ0) is 38.0. The highest BCUT2D eigenvalue weighted by Crippen LogP contribution is 2.66. The van der Waals surface area contributed by atoms with Crippen molar-refractivity contribution in [1.82, 2.24) is 4.90 Å². The van der Waals surface area contributed by atoms with Crippen LogP contribution in [0.5, 0.6) is 5.75 Å². The van der Waals surface area contributed by atoms with Gasteiger partial charge in [-0.25, -0.2) is 0 Å². The Kier molecular flexibility index (Phi) is 11.9. The second kappa shape index (κ2) is 15.8. The number of aliphatic hydroxyl groups is 1. The molecular weight excluding hydrogens is 656 g/mol. The standard InChI is InChI=1S/C42H58N4O6/c1-10-23-44(32-19-21-34(22-20-32)51-14-5)38(48)35-36-39(49)46(33(27-47)25-28(6)7)37(42(36)26-29(8)41(35,9)52-42)40(50)45(24-11-2)31-17-15-30(16-18-31)43(12-3)13-4/h10-11,15-22,28-29,33,35-37,47H,1-2,12-14,23-27H2,3-9H3/t29?,33-,35+,36+,37?,41-,42?/m1/s1. The molecule has 1 N–H and O–H groups in total. The van der Waals surface area contributed by atoms with Crippen LogP contribution in [0.15, 0.2) is 73.8 Å². The molecule has 3 unspecified atom stereocenters. The first-order valence-electron chi connectivity index (χ1n) is 18.9. The molecule has 3 saturated heterocycles. The minimum absolute atomic E-state index is 0.129. The molecule has 282 valence electrons. The summed E-state index contributed by atoms with van der Waals surface area (Å²) >= 11 is 0. The van der Waals surface area contributed by atoms with Crippen molar-refractivity contribution in [3.63, 3.8) is 0 Å². The van der Waals surface area contributed by atoms with Gasteiger partial charge in [0.2, 0.25) is 11.8 Å². The third kappa shape index (κ3) is 6.64. The summed E-state index contributed by atoms with van der Waals surface area (Å²) in [6.07, 6.45) is 4.25. The lowest BCUT2D eigenvalue weighted by atomic mass is 9.62. The number of hydrogen-bond acceptors (Lipinski definition) is 7. The number of fused-ring (bicyclic) bond motifs is 1. The van der Waals surface area contributed by atoms with E-state index in [1.807, 2.05) is 83.1 Å². The van der Waals surface area contributed by atoms with E-state index in [9.17, 15) is 5.11 Å². The molecule has 1 spiro atoms. The molecule has 10 heteroatoms. The van der Waals surface area contributed by atoms with Crippen LogP contribution in [0.2, 0.25) is 0 Å². The highest BCUT2D eigenvalue weighted by Gasteiger charge is 2.80. The van der Waals surface area contributed by atoms with Crippen LogP contribution in [-0.4, -0.2) is 90.4 Å². The Morgan fingerprint density at radius 3 is 2.00 bits per heavy atom. The Hall–Kier alpha value is -4.15. The molecule has 7 atom stereocenters. The molecule has 0 radical (unpaired) electrons. The van der Waals surface area contributed by atoms with E-state index in [0.29, 0.717) is 36.6 Å². The molecule has 3 amide bonds. The van der Waals surface area contributed by atoms with Gasteiger partial charge in [-0.1, -0.05) is 32.9 Å². The third-order valence-corrected chi connectivity index (χ3v) is 11.5. The van der Waals surface area contributed by atoms with Gasteiger partial charge < -0.3 is 34.2 Å². The quantitative estimate of drug-likeness (QED) is 0.198. The van der Waals surface area contributed by atoms with Crippen molar-refractivity contribution in [2.24, 2.45) is 23.7 Å². The Labute approximate surface area is 310 Å². The summed E-state index contributed by atoms with van der Waals surface area (Å²) < 4.78 is 12.7. The summed E-state index contributed by atoms with van der Waals surface area (Å²) in [7, 11) is 0. The van der Waals surface area contributed by atoms with Crippen LogP contribution in [0, 0.1) is 23.7 Å². The van der Waals surface area contributed by atoms with Gasteiger partial charge in [-0.05, 0) is 101 Å². The first kappa shape index (κ1) is 39.1. The van der Waals surface area contributed by atoms with Crippen molar-refractivity contribution < 1.29 is 29.0 Å². The maximum Gasteiger partial charge on any atom is 0.253 e. The lowest BCUT2D eigenvalue weighted by Gasteiger charge is -2.40. The summed E-state index contributed by atoms with van der Waals surface area (Å²) in [4.78, 5) is 52.5. The minimum Gasteiger partial charge on any atom is -0.494 e. The molecule has 10 nitrogen and oxygen atoms in total. The minimum atomic E-state index is -1.29. The first-order valence-corrected chi connectivity index (χ1v) is 18.9. The molecule has 0 saturated carbocycles. The van der Waals surface area contributed by atoms with Crippen molar-refractivity contribution in [2.45, 2.75) is 84.6 Å². The molecule has 3 heterocycles. The van der Waals surface area contributed by atoms with E-state index in [4.69, 9.17) is 9.47 Å². The highest BCUT2D eigenvalue weighted by atomic mass is 16.5. The number of aliphatic hydroxyl groups excluding tert-OH is 1. The van der Waals surface area contributed by atoms with Crippen LogP contribution < -0.4 is 19.4 Å². The highest BCUT2D eigenvalue weighted by molar-refractivity contribution is 6.07. The van der Waals surface area contributed by atoms with E-state index >= 15 is 14.4 Å². The second-order valence-corrected chi connectivity index (χ2v) is 15.0. The molecule has 3 aliphatic rings. The number of carbonyl (C=O) groups excluding carboxylic acids is 3. The van der Waals surface area contributed by atoms with Crippen molar-refractivity contribution in [2.75, 3.05) is 54.1 Å². The summed E-state index contributed by atoms with van der Waals surface area (Å²) in [5.74, 6) is -2.03. The third-order valence-electron chi connectivity index (χ3n) is 11.5. The van der Waals surface area contributed by atoms with Crippen molar-refractivity contribution in [3.05, 3.63) is 73.8 Å². The normalized spacial score (nSPS) is 26.6. The van der Waals surface area contributed by atoms with Gasteiger partial charge in [-0.2, -0.15) is 0 Å². The maximum absolute atomic E-state index is 15.3. The number of carbonyl (C=O) groups is 3. The molecule has 0 aromatic heterocycles. The van der Waals surface area contributed by atoms with Crippen molar-refractivity contribution in [1.29, 1.82) is 0 Å². The number of rotatable bonds is 17. The first-order chi connectivity index (χ1) is 24.9. The summed E-state index contributed by atoms with van der Waals surface area (Å²) in [6, 6.07) is 13.5. The Morgan fingerprint density at radius 2 is 1.50 bits per heavy atom. The predicted molar refractivity (Wildman–Crippen MR) is 207 cm³/mol. The van der Waals surface area contributed by atoms with E-state index in [0.717, 1.165) is 18.8 Å². The van der Waals surface area contributed by atoms with Crippen LogP contribution in [0.25, 0.3) is 0 Å². The number of likely N-dealkylation sites (tertiary alicyclic amines) is 1. The van der Waals surface area contributed by atoms with Gasteiger partial charge >= 0.3 is 0 Å². The smallest absolute Gasteiger partial charge is 0.253 e. The van der Waals surface area contributed by atoms with Gasteiger partial charge in [0.25, 0.3) is 5.91 Å². The van der Waals surface area contributed by atoms with Crippen molar-refractivity contribution in [3.8, 4) is 5.75 Å². The molecular formula is C42H58N4O6. The molecule has 0 aliphatic carbocycles. The molecule has 3 aliphatic heterocycles. The van der Waals surface area contributed by atoms with Gasteiger partial charge in [0.05, 0.1) is 36.7 Å². The van der Waals surface area contributed by atoms with Gasteiger partial charge in [-0.15, -0.1) is 13.2 Å². The fourth-order valence-electron chi connectivity index (χ4n) is 9.09. The van der Waals surface area contributed by atoms with Gasteiger partial charge in [0.1, 0.15) is 17.4 Å². The molecule has 2 aromatic carbocycles. The number of nitrogens with zero attached hydrogens (tertiary/aromatic N) is 4. The fraction of sp³-hybridized carbons (Fsp3) is 0.548. The van der Waals surface area contributed by atoms with Crippen LogP contribution in [0.3, 0.4) is 0 Å². The SMILES string of the molecule is C=CCN(C(=O)C1N([C@@H](CO)CC(C)C)C(=O)[C@@H]2[C@@H](C(=O)N(CC=C)c3ccc(OCC)cc3)[C@]3(C)OC12CC3C)c1ccc(N(CC)CC)cc1. The van der Waals surface area contributed by atoms with Gasteiger partial charge in [0.15, 0.2) is 0 Å². The summed E-state index contributed by atoms with van der Waals surface area (Å²) in [5, 5.41) is 10.8. The zero-order valence-electron chi connectivity index (χ0n) is 32.1. The zero-order valence-corrected chi connectivity index (χ0v) is 32.1. The fourth-order valence-corrected chi connectivity index (χ4v) is 9.09. The van der Waals surface area contributed by atoms with Crippen LogP contribution in [0.4, 0.5) is 17.1 Å². The van der Waals surface area contributed by atoms with E-state index in [2.05, 4.69) is 31.9 Å². The number of ether oxygens (including phenoxy) is 2. The van der Waals surface area contributed by atoms with Gasteiger partial charge in [0, 0.05) is 43.2 Å². The number of benzene rings is 2. The molecule has 3 fully saturated rings. The van der Waals surface area contributed by atoms with Crippen LogP contribution in [-0.2, 0) is 19.1 Å². The van der Waals surface area contributed by atoms with E-state index in [-0.39, 0.29) is 49.3 Å². The predicted octanol–water partition coefficient (Wildman–Crippen LogP) is 6.09. The van der Waals surface area contributed by atoms with E-state index in [1.54, 1.807) is 26.9 Å². The molecule has 52 heavy (non-hydrogen) atoms. The number of anilines is 3. The number of amides is 3. The molecule has 2 aromatic rings. The van der Waals surface area contributed by atoms with Crippen molar-refractivity contribution >= 4 is 34.8 Å². The molecule has 2 bridgehead atoms. The van der Waals surface area contributed by atoms with E-state index in [1.165, 1.54) is 0 Å². The largest absolute Gasteiger partial charge is 0.494 e. The van der Waals surface area contributed by atoms with E-state index < -0.39 is 35.1 Å². The summed E-state index contributed by atoms with van der Waals surface area (Å²) in [5.41, 5.74) is 0.0607. The average Bonchev–Trinajstić information content (AvgIpc) is 3.65. The topological polar surface area (TPSA) is 103 Å². The maximum atomic E-state index is 15.3. The lowest BCUT2D eigenvalue weighted by Crippen LogP contribution is -2.59. The summed E-state index contributed by atoms with van der Waals surface area (Å²) in [6.45, 7) is 24.4. The average molecular weight is 715 g/mol. The second-order valence-electron chi connectivity index (χ2n) is 15.0. The Balaban J connectivity index is 1.62. The van der Waals surface area contributed by atoms with Gasteiger partial charge in [-0.3, -0.25) is 14.4 Å². The Morgan fingerprint density at radius 1 is 0.962 bits per heavy atom. The molecule has 5 rings (SSSR count). The number of hydrogen-bond donors (Lipinski definition) is 1.